The molecule has 3 rings (SSSR count). The molecule has 0 aliphatic carbocycles. The van der Waals surface area contributed by atoms with Gasteiger partial charge in [0.1, 0.15) is 0 Å². The molecule has 0 atom stereocenters. The van der Waals surface area contributed by atoms with Crippen LogP contribution in [0.15, 0.2) is 46.9 Å². The first-order chi connectivity index (χ1) is 12.4. The molecule has 0 saturated heterocycles. The Morgan fingerprint density at radius 1 is 1.12 bits per heavy atom. The summed E-state index contributed by atoms with van der Waals surface area (Å²) in [6.07, 6.45) is 0. The first kappa shape index (κ1) is 17.8. The molecule has 1 heterocycles. The van der Waals surface area contributed by atoms with Crippen molar-refractivity contribution in [2.45, 2.75) is 20.4 Å². The number of carbonyl (C=O) groups excluding carboxylic acids is 1. The van der Waals surface area contributed by atoms with Crippen LogP contribution < -0.4 is 5.73 Å². The molecule has 0 aliphatic heterocycles. The van der Waals surface area contributed by atoms with Gasteiger partial charge in [0.05, 0.1) is 0 Å². The molecule has 0 saturated carbocycles. The number of hydrogen-bond acceptors (Lipinski definition) is 4. The van der Waals surface area contributed by atoms with Gasteiger partial charge < -0.3 is 0 Å². The maximum atomic E-state index is 11.9. The van der Waals surface area contributed by atoms with E-state index in [-0.39, 0.29) is 17.9 Å². The molecular formula is C20H18BNO4. The van der Waals surface area contributed by atoms with Gasteiger partial charge in [0.2, 0.25) is 0 Å². The summed E-state index contributed by atoms with van der Waals surface area (Å²) < 4.78 is 5.77. The topological polar surface area (TPSA) is 93.5 Å². The fourth-order valence-electron chi connectivity index (χ4n) is 2.91. The number of carboxylic acid groups (broad SMARTS) is 1. The first-order valence-electron chi connectivity index (χ1n) is 8.19. The zero-order valence-electron chi connectivity index (χ0n) is 14.6. The minimum absolute atomic E-state index is 0.0730. The van der Waals surface area contributed by atoms with E-state index in [4.69, 9.17) is 15.3 Å². The average Bonchev–Trinajstić information content (AvgIpc) is 3.06. The number of benzene rings is 2. The predicted molar refractivity (Wildman–Crippen MR) is 101 cm³/mol. The van der Waals surface area contributed by atoms with Gasteiger partial charge in [-0.1, -0.05) is 0 Å². The van der Waals surface area contributed by atoms with Crippen LogP contribution in [0.1, 0.15) is 38.8 Å². The van der Waals surface area contributed by atoms with Gasteiger partial charge in [-0.25, -0.2) is 0 Å². The second-order valence-corrected chi connectivity index (χ2v) is 6.13. The first-order valence-corrected chi connectivity index (χ1v) is 8.19. The van der Waals surface area contributed by atoms with E-state index in [0.29, 0.717) is 16.9 Å². The summed E-state index contributed by atoms with van der Waals surface area (Å²) in [6, 6.07) is 12.5. The number of rotatable bonds is 5. The minimum atomic E-state index is -0.951. The summed E-state index contributed by atoms with van der Waals surface area (Å²) in [7, 11) is 0. The third-order valence-corrected chi connectivity index (χ3v) is 4.30. The zero-order chi connectivity index (χ0) is 18.8. The van der Waals surface area contributed by atoms with Crippen LogP contribution in [0.4, 0.5) is 0 Å². The van der Waals surface area contributed by atoms with Crippen LogP contribution in [0.25, 0.3) is 22.5 Å². The normalized spacial score (nSPS) is 10.6. The van der Waals surface area contributed by atoms with Gasteiger partial charge in [-0.3, -0.25) is 0 Å². The number of nitrogens with two attached hydrogens (primary N) is 1. The SMILES string of the molecule is CC(=O)c1bc(CN)oc1-c1ccc(-c2ccc(C(=O)O)cc2)cc1C. The molecule has 26 heavy (non-hydrogen) atoms. The van der Waals surface area contributed by atoms with Crippen LogP contribution in [0.3, 0.4) is 0 Å². The Labute approximate surface area is 151 Å². The monoisotopic (exact) mass is 347 g/mol. The Kier molecular flexibility index (Phi) is 4.87. The molecule has 0 spiro atoms. The van der Waals surface area contributed by atoms with E-state index < -0.39 is 5.97 Å². The molecule has 5 nitrogen and oxygen atoms in total. The summed E-state index contributed by atoms with van der Waals surface area (Å²) >= 11 is 0. The van der Waals surface area contributed by atoms with Gasteiger partial charge in [0.25, 0.3) is 0 Å². The van der Waals surface area contributed by atoms with Crippen molar-refractivity contribution in [3.05, 3.63) is 64.7 Å². The van der Waals surface area contributed by atoms with Gasteiger partial charge in [-0.2, -0.15) is 0 Å². The average molecular weight is 347 g/mol. The third-order valence-electron chi connectivity index (χ3n) is 4.30. The summed E-state index contributed by atoms with van der Waals surface area (Å²) in [6.45, 7) is 5.37. The van der Waals surface area contributed by atoms with E-state index in [0.717, 1.165) is 22.3 Å². The Hall–Kier alpha value is -2.99. The van der Waals surface area contributed by atoms with Crippen LogP contribution in [-0.4, -0.2) is 23.8 Å². The van der Waals surface area contributed by atoms with Crippen LogP contribution in [0.2, 0.25) is 0 Å². The van der Waals surface area contributed by atoms with Gasteiger partial charge in [-0.15, -0.1) is 0 Å². The number of hydrogen-bond donors (Lipinski definition) is 2. The molecule has 1 aromatic heterocycles. The number of carbonyl (C=O) groups is 2. The van der Waals surface area contributed by atoms with E-state index >= 15 is 0 Å². The zero-order valence-corrected chi connectivity index (χ0v) is 14.6. The second-order valence-electron chi connectivity index (χ2n) is 6.13. The van der Waals surface area contributed by atoms with Gasteiger partial charge in [-0.05, 0) is 0 Å². The van der Waals surface area contributed by atoms with Gasteiger partial charge in [0.15, 0.2) is 0 Å². The summed E-state index contributed by atoms with van der Waals surface area (Å²) in [5.41, 5.74) is 10.6. The summed E-state index contributed by atoms with van der Waals surface area (Å²) in [4.78, 5) is 22.9. The number of ketones is 1. The Balaban J connectivity index is 2.02. The third kappa shape index (κ3) is 3.37. The standard InChI is InChI=1S/C20H18BNO4/c1-11-9-15(13-3-5-14(6-4-13)20(24)25)7-8-16(11)19-18(12(2)23)21-17(10-22)26-19/h3-9H,10,22H2,1-2H3,(H,24,25). The molecule has 3 aromatic rings. The van der Waals surface area contributed by atoms with Gasteiger partial charge >= 0.3 is 151 Å². The molecule has 2 aromatic carbocycles. The number of carboxylic acids is 1. The molecule has 130 valence electrons. The molecule has 0 aliphatic rings. The summed E-state index contributed by atoms with van der Waals surface area (Å²) in [5, 5.41) is 9.00. The van der Waals surface area contributed by atoms with E-state index in [1.807, 2.05) is 25.1 Å². The molecule has 0 radical (unpaired) electrons. The quantitative estimate of drug-likeness (QED) is 0.688. The van der Waals surface area contributed by atoms with Crippen molar-refractivity contribution in [1.29, 1.82) is 0 Å². The summed E-state index contributed by atoms with van der Waals surface area (Å²) in [5.74, 6) is -0.493. The number of aryl methyl sites for hydroxylation is 1. The van der Waals surface area contributed by atoms with E-state index in [2.05, 4.69) is 0 Å². The molecule has 0 bridgehead atoms. The van der Waals surface area contributed by atoms with Crippen LogP contribution >= 0.6 is 0 Å². The molecule has 0 amide bonds. The maximum absolute atomic E-state index is 11.9. The van der Waals surface area contributed by atoms with Crippen LogP contribution in [0, 0.1) is 6.92 Å². The van der Waals surface area contributed by atoms with E-state index in [1.54, 1.807) is 31.2 Å². The van der Waals surface area contributed by atoms with E-state index in [1.165, 1.54) is 6.92 Å². The number of aromatic carboxylic acids is 1. The Morgan fingerprint density at radius 2 is 1.77 bits per heavy atom. The molecule has 3 N–H and O–H groups in total. The van der Waals surface area contributed by atoms with Crippen molar-refractivity contribution in [3.8, 4) is 22.5 Å². The Bertz CT molecular complexity index is 990. The Morgan fingerprint density at radius 3 is 2.31 bits per heavy atom. The van der Waals surface area contributed by atoms with Crippen molar-refractivity contribution >= 4 is 18.7 Å². The predicted octanol–water partition coefficient (Wildman–Crippen LogP) is 3.62. The van der Waals surface area contributed by atoms with Crippen molar-refractivity contribution in [2.75, 3.05) is 0 Å². The van der Waals surface area contributed by atoms with Crippen molar-refractivity contribution in [1.82, 2.24) is 0 Å². The fraction of sp³-hybridized carbons (Fsp3) is 0.150. The van der Waals surface area contributed by atoms with Crippen molar-refractivity contribution in [3.63, 3.8) is 0 Å². The van der Waals surface area contributed by atoms with Crippen LogP contribution in [0.5, 0.6) is 0 Å². The van der Waals surface area contributed by atoms with Crippen molar-refractivity contribution in [2.24, 2.45) is 5.73 Å². The fourth-order valence-corrected chi connectivity index (χ4v) is 2.91. The van der Waals surface area contributed by atoms with E-state index in [9.17, 15) is 9.59 Å². The van der Waals surface area contributed by atoms with Gasteiger partial charge in [0, 0.05) is 0 Å². The number of Topliss-reactive ketones (excluding diaryl/α,β-unsaturated/α-hetero) is 1. The molecule has 0 unspecified atom stereocenters. The van der Waals surface area contributed by atoms with Crippen molar-refractivity contribution < 1.29 is 19.1 Å². The van der Waals surface area contributed by atoms with Crippen LogP contribution in [-0.2, 0) is 6.54 Å². The molecule has 0 fully saturated rings. The molecular weight excluding hydrogens is 329 g/mol. The second kappa shape index (κ2) is 7.10. The molecule has 6 heteroatoms.